The third-order valence-electron chi connectivity index (χ3n) is 5.45. The van der Waals surface area contributed by atoms with Gasteiger partial charge in [-0.15, -0.1) is 0 Å². The summed E-state index contributed by atoms with van der Waals surface area (Å²) in [6.07, 6.45) is 4.58. The van der Waals surface area contributed by atoms with Crippen LogP contribution in [0.25, 0.3) is 0 Å². The fourth-order valence-electron chi connectivity index (χ4n) is 4.06. The lowest BCUT2D eigenvalue weighted by Gasteiger charge is -2.34. The largest absolute Gasteiger partial charge is 0.389 e. The zero-order valence-corrected chi connectivity index (χ0v) is 14.3. The summed E-state index contributed by atoms with van der Waals surface area (Å²) in [5, 5.41) is 13.5. The number of aliphatic hydroxyl groups is 1. The predicted octanol–water partition coefficient (Wildman–Crippen LogP) is -0.271. The molecule has 0 bridgehead atoms. The first-order valence-corrected chi connectivity index (χ1v) is 9.22. The summed E-state index contributed by atoms with van der Waals surface area (Å²) in [5.41, 5.74) is 0. The molecule has 136 valence electrons. The Kier molecular flexibility index (Phi) is 6.08. The highest BCUT2D eigenvalue weighted by Gasteiger charge is 2.39. The van der Waals surface area contributed by atoms with E-state index in [-0.39, 0.29) is 30.4 Å². The van der Waals surface area contributed by atoms with E-state index in [2.05, 4.69) is 10.2 Å². The Morgan fingerprint density at radius 3 is 2.75 bits per heavy atom. The van der Waals surface area contributed by atoms with E-state index in [1.807, 2.05) is 0 Å². The Hall–Kier alpha value is -1.18. The van der Waals surface area contributed by atoms with Gasteiger partial charge in [0.15, 0.2) is 0 Å². The van der Waals surface area contributed by atoms with Crippen LogP contribution in [0.2, 0.25) is 0 Å². The van der Waals surface area contributed by atoms with Crippen molar-refractivity contribution in [2.24, 2.45) is 0 Å². The Labute approximate surface area is 143 Å². The van der Waals surface area contributed by atoms with Crippen LogP contribution in [-0.2, 0) is 14.3 Å². The van der Waals surface area contributed by atoms with Gasteiger partial charge in [0, 0.05) is 32.1 Å². The zero-order valence-electron chi connectivity index (χ0n) is 14.3. The summed E-state index contributed by atoms with van der Waals surface area (Å²) in [5.74, 6) is -0.0854. The fourth-order valence-corrected chi connectivity index (χ4v) is 4.06. The smallest absolute Gasteiger partial charge is 0.239 e. The number of nitrogens with zero attached hydrogens (tertiary/aromatic N) is 2. The Morgan fingerprint density at radius 1 is 1.17 bits per heavy atom. The predicted molar refractivity (Wildman–Crippen MR) is 88.4 cm³/mol. The topological polar surface area (TPSA) is 82.1 Å². The number of carbonyl (C=O) groups is 2. The summed E-state index contributed by atoms with van der Waals surface area (Å²) < 4.78 is 5.36. The lowest BCUT2D eigenvalue weighted by Crippen LogP contribution is -2.52. The molecule has 0 unspecified atom stereocenters. The maximum Gasteiger partial charge on any atom is 0.239 e. The molecule has 3 atom stereocenters. The van der Waals surface area contributed by atoms with Gasteiger partial charge in [0.1, 0.15) is 0 Å². The van der Waals surface area contributed by atoms with Crippen molar-refractivity contribution in [3.63, 3.8) is 0 Å². The second-order valence-electron chi connectivity index (χ2n) is 7.08. The minimum Gasteiger partial charge on any atom is -0.389 e. The summed E-state index contributed by atoms with van der Waals surface area (Å²) in [4.78, 5) is 28.2. The number of ether oxygens (including phenoxy) is 1. The zero-order chi connectivity index (χ0) is 16.9. The third-order valence-corrected chi connectivity index (χ3v) is 5.45. The monoisotopic (exact) mass is 339 g/mol. The van der Waals surface area contributed by atoms with Gasteiger partial charge in [0.25, 0.3) is 0 Å². The maximum atomic E-state index is 12.3. The highest BCUT2D eigenvalue weighted by molar-refractivity contribution is 5.85. The van der Waals surface area contributed by atoms with E-state index in [1.165, 1.54) is 0 Å². The summed E-state index contributed by atoms with van der Waals surface area (Å²) in [6.45, 7) is 3.87. The van der Waals surface area contributed by atoms with Crippen LogP contribution in [0.3, 0.4) is 0 Å². The van der Waals surface area contributed by atoms with Gasteiger partial charge >= 0.3 is 0 Å². The second-order valence-corrected chi connectivity index (χ2v) is 7.08. The van der Waals surface area contributed by atoms with Crippen molar-refractivity contribution in [1.29, 1.82) is 0 Å². The van der Waals surface area contributed by atoms with Crippen LogP contribution in [-0.4, -0.2) is 84.3 Å². The van der Waals surface area contributed by atoms with Crippen molar-refractivity contribution >= 4 is 11.8 Å². The van der Waals surface area contributed by atoms with E-state index in [1.54, 1.807) is 4.90 Å². The minimum absolute atomic E-state index is 0.0702. The number of hydrogen-bond acceptors (Lipinski definition) is 5. The van der Waals surface area contributed by atoms with Crippen LogP contribution >= 0.6 is 0 Å². The van der Waals surface area contributed by atoms with Crippen molar-refractivity contribution in [3.8, 4) is 0 Å². The molecule has 7 heteroatoms. The average Bonchev–Trinajstić information content (AvgIpc) is 2.81. The van der Waals surface area contributed by atoms with Crippen LogP contribution in [0.4, 0.5) is 0 Å². The molecule has 0 aromatic rings. The number of aliphatic hydroxyl groups excluding tert-OH is 1. The van der Waals surface area contributed by atoms with Crippen molar-refractivity contribution in [2.45, 2.75) is 56.7 Å². The SMILES string of the molecule is O=C(CN1CCCCCC1=O)N[C@@H]1CC[C@@H](N2CCOCC2)[C@@H]1O. The van der Waals surface area contributed by atoms with Gasteiger partial charge in [0.2, 0.25) is 11.8 Å². The molecule has 2 heterocycles. The molecule has 1 aliphatic carbocycles. The van der Waals surface area contributed by atoms with Crippen LogP contribution < -0.4 is 5.32 Å². The molecule has 2 saturated heterocycles. The molecule has 3 rings (SSSR count). The lowest BCUT2D eigenvalue weighted by atomic mass is 10.1. The first-order valence-electron chi connectivity index (χ1n) is 9.22. The molecule has 0 radical (unpaired) electrons. The molecule has 0 aromatic carbocycles. The molecule has 2 N–H and O–H groups in total. The number of likely N-dealkylation sites (tertiary alicyclic amines) is 1. The quantitative estimate of drug-likeness (QED) is 0.737. The molecule has 0 spiro atoms. The molecule has 1 saturated carbocycles. The summed E-state index contributed by atoms with van der Waals surface area (Å²) in [6, 6.07) is -0.119. The van der Waals surface area contributed by atoms with Crippen molar-refractivity contribution in [1.82, 2.24) is 15.1 Å². The fraction of sp³-hybridized carbons (Fsp3) is 0.882. The number of rotatable bonds is 4. The molecular formula is C17H29N3O4. The highest BCUT2D eigenvalue weighted by atomic mass is 16.5. The van der Waals surface area contributed by atoms with Gasteiger partial charge in [-0.2, -0.15) is 0 Å². The van der Waals surface area contributed by atoms with Crippen molar-refractivity contribution in [3.05, 3.63) is 0 Å². The van der Waals surface area contributed by atoms with Crippen LogP contribution in [0.5, 0.6) is 0 Å². The van der Waals surface area contributed by atoms with E-state index >= 15 is 0 Å². The van der Waals surface area contributed by atoms with E-state index in [9.17, 15) is 14.7 Å². The van der Waals surface area contributed by atoms with Gasteiger partial charge < -0.3 is 20.1 Å². The summed E-state index contributed by atoms with van der Waals surface area (Å²) in [7, 11) is 0. The number of amides is 2. The number of nitrogens with one attached hydrogen (secondary N) is 1. The Bertz CT molecular complexity index is 453. The van der Waals surface area contributed by atoms with E-state index < -0.39 is 6.10 Å². The Morgan fingerprint density at radius 2 is 1.96 bits per heavy atom. The number of morpholine rings is 1. The number of hydrogen-bond donors (Lipinski definition) is 2. The van der Waals surface area contributed by atoms with Gasteiger partial charge in [-0.05, 0) is 25.7 Å². The van der Waals surface area contributed by atoms with Crippen LogP contribution in [0.1, 0.15) is 38.5 Å². The van der Waals surface area contributed by atoms with Gasteiger partial charge in [0.05, 0.1) is 31.9 Å². The molecule has 3 aliphatic rings. The average molecular weight is 339 g/mol. The minimum atomic E-state index is -0.549. The molecule has 2 aliphatic heterocycles. The first kappa shape index (κ1) is 17.6. The lowest BCUT2D eigenvalue weighted by molar-refractivity contribution is -0.136. The standard InChI is InChI=1S/C17H29N3O4/c21-15(12-20-7-3-1-2-4-16(20)22)18-13-5-6-14(17(13)23)19-8-10-24-11-9-19/h13-14,17,23H,1-12H2,(H,18,21)/t13-,14-,17-/m1/s1. The Balaban J connectivity index is 1.48. The highest BCUT2D eigenvalue weighted by Crippen LogP contribution is 2.25. The molecule has 0 aromatic heterocycles. The molecule has 24 heavy (non-hydrogen) atoms. The van der Waals surface area contributed by atoms with Gasteiger partial charge in [-0.3, -0.25) is 14.5 Å². The molecular weight excluding hydrogens is 310 g/mol. The molecule has 7 nitrogen and oxygen atoms in total. The summed E-state index contributed by atoms with van der Waals surface area (Å²) >= 11 is 0. The van der Waals surface area contributed by atoms with E-state index in [4.69, 9.17) is 4.74 Å². The van der Waals surface area contributed by atoms with E-state index in [0.29, 0.717) is 26.2 Å². The van der Waals surface area contributed by atoms with Crippen LogP contribution in [0, 0.1) is 0 Å². The molecule has 2 amide bonds. The normalized spacial score (nSPS) is 32.6. The first-order chi connectivity index (χ1) is 11.6. The van der Waals surface area contributed by atoms with Crippen molar-refractivity contribution < 1.29 is 19.4 Å². The van der Waals surface area contributed by atoms with Gasteiger partial charge in [-0.25, -0.2) is 0 Å². The van der Waals surface area contributed by atoms with Crippen molar-refractivity contribution in [2.75, 3.05) is 39.4 Å². The maximum absolute atomic E-state index is 12.3. The number of carbonyl (C=O) groups excluding carboxylic acids is 2. The van der Waals surface area contributed by atoms with Crippen LogP contribution in [0.15, 0.2) is 0 Å². The third kappa shape index (κ3) is 4.26. The van der Waals surface area contributed by atoms with Gasteiger partial charge in [-0.1, -0.05) is 6.42 Å². The second kappa shape index (κ2) is 8.27. The molecule has 3 fully saturated rings. The van der Waals surface area contributed by atoms with E-state index in [0.717, 1.165) is 45.2 Å².